The van der Waals surface area contributed by atoms with Gasteiger partial charge >= 0.3 is 31.1 Å². The van der Waals surface area contributed by atoms with Crippen LogP contribution in [-0.2, 0) is 20.0 Å². The Morgan fingerprint density at radius 2 is 0.875 bits per heavy atom. The Balaban J connectivity index is 0. The second-order valence-corrected chi connectivity index (χ2v) is 5.34. The number of nitrogens with zero attached hydrogens (tertiary/aromatic N) is 1. The van der Waals surface area contributed by atoms with Crippen LogP contribution in [0.25, 0.3) is 0 Å². The molecule has 0 bridgehead atoms. The molecule has 0 amide bonds. The van der Waals surface area contributed by atoms with Gasteiger partial charge in [-0.2, -0.15) is 26.3 Å². The van der Waals surface area contributed by atoms with E-state index in [9.17, 15) is 43.2 Å². The van der Waals surface area contributed by atoms with Crippen LogP contribution in [-0.4, -0.2) is 46.7 Å². The summed E-state index contributed by atoms with van der Waals surface area (Å²) in [5.74, 6) is 0. The Hall–Kier alpha value is 0.0374. The molecule has 0 aliphatic rings. The van der Waals surface area contributed by atoms with E-state index in [0.29, 0.717) is 0 Å². The van der Waals surface area contributed by atoms with Crippen molar-refractivity contribution in [2.24, 2.45) is 0 Å². The summed E-state index contributed by atoms with van der Waals surface area (Å²) in [6.07, 6.45) is 0. The van der Waals surface area contributed by atoms with Crippen LogP contribution in [0.4, 0.5) is 26.3 Å². The molecule has 2 radical (unpaired) electrons. The molecule has 0 fully saturated rings. The summed E-state index contributed by atoms with van der Waals surface area (Å²) in [6, 6.07) is 0. The van der Waals surface area contributed by atoms with Crippen molar-refractivity contribution in [3.05, 3.63) is 0 Å². The van der Waals surface area contributed by atoms with E-state index in [0.717, 1.165) is 4.13 Å². The fourth-order valence-electron chi connectivity index (χ4n) is 0.214. The number of alkyl halides is 6. The largest absolute Gasteiger partial charge is 0.514 e. The molecule has 0 aliphatic carbocycles. The second kappa shape index (κ2) is 4.73. The van der Waals surface area contributed by atoms with Gasteiger partial charge in [-0.3, -0.25) is 0 Å². The number of rotatable bonds is 2. The number of sulfonamides is 2. The van der Waals surface area contributed by atoms with E-state index in [1.807, 2.05) is 0 Å². The molecule has 5 nitrogen and oxygen atoms in total. The maximum atomic E-state index is 11.4. The molecule has 0 unspecified atom stereocenters. The average Bonchev–Trinajstić information content (AvgIpc) is 1.77. The molecule has 0 aliphatic heterocycles. The molecule has 0 heterocycles. The van der Waals surface area contributed by atoms with Crippen LogP contribution in [0.1, 0.15) is 0 Å². The van der Waals surface area contributed by atoms with E-state index < -0.39 is 31.1 Å². The van der Waals surface area contributed by atoms with Crippen LogP contribution in [0.2, 0.25) is 0 Å². The minimum absolute atomic E-state index is 0. The van der Waals surface area contributed by atoms with Crippen molar-refractivity contribution in [1.29, 1.82) is 0 Å². The first-order valence-corrected chi connectivity index (χ1v) is 5.45. The molecule has 0 atom stereocenters. The molecule has 0 saturated carbocycles. The first-order chi connectivity index (χ1) is 6.21. The number of hydrogen-bond acceptors (Lipinski definition) is 4. The fourth-order valence-corrected chi connectivity index (χ4v) is 1.92. The van der Waals surface area contributed by atoms with Crippen LogP contribution >= 0.6 is 0 Å². The van der Waals surface area contributed by atoms with E-state index in [1.54, 1.807) is 0 Å². The molecule has 92 valence electrons. The Kier molecular flexibility index (Phi) is 5.44. The third-order valence-electron chi connectivity index (χ3n) is 0.781. The summed E-state index contributed by atoms with van der Waals surface area (Å²) in [5.41, 5.74) is -12.4. The van der Waals surface area contributed by atoms with Gasteiger partial charge < -0.3 is 0 Å². The maximum Gasteiger partial charge on any atom is 0.514 e. The summed E-state index contributed by atoms with van der Waals surface area (Å²) < 4.78 is 109. The van der Waals surface area contributed by atoms with Gasteiger partial charge in [0.1, 0.15) is 0 Å². The van der Waals surface area contributed by atoms with Crippen LogP contribution < -0.4 is 4.13 Å². The Morgan fingerprint density at radius 3 is 1.00 bits per heavy atom. The molecule has 16 heavy (non-hydrogen) atoms. The van der Waals surface area contributed by atoms with Crippen LogP contribution in [0.15, 0.2) is 0 Å². The zero-order valence-corrected chi connectivity index (χ0v) is 8.80. The molecule has 0 N–H and O–H groups in total. The number of hydrogen-bond donors (Lipinski definition) is 0. The van der Waals surface area contributed by atoms with Gasteiger partial charge in [0.2, 0.25) is 0 Å². The van der Waals surface area contributed by atoms with Crippen LogP contribution in [0, 0.1) is 0 Å². The van der Waals surface area contributed by atoms with Crippen molar-refractivity contribution in [3.63, 3.8) is 0 Å². The Morgan fingerprint density at radius 1 is 0.688 bits per heavy atom. The molecular weight excluding hydrogens is 287 g/mol. The van der Waals surface area contributed by atoms with Gasteiger partial charge in [-0.05, 0) is 0 Å². The predicted molar refractivity (Wildman–Crippen MR) is 37.8 cm³/mol. The summed E-state index contributed by atoms with van der Waals surface area (Å²) in [4.78, 5) is 0. The summed E-state index contributed by atoms with van der Waals surface area (Å²) in [6.45, 7) is 0. The summed E-state index contributed by atoms with van der Waals surface area (Å²) in [7, 11) is -13.4. The third kappa shape index (κ3) is 4.13. The van der Waals surface area contributed by atoms with Gasteiger partial charge in [-0.15, -0.1) is 0 Å². The minimum atomic E-state index is -6.72. The minimum Gasteiger partial charge on any atom is -0.200 e. The molecular formula is C2F6LiNO4S2. The Bertz CT molecular complexity index is 390. The normalized spacial score (nSPS) is 14.4. The van der Waals surface area contributed by atoms with Crippen molar-refractivity contribution in [2.45, 2.75) is 11.0 Å². The predicted octanol–water partition coefficient (Wildman–Crippen LogP) is -0.0908. The van der Waals surface area contributed by atoms with E-state index in [4.69, 9.17) is 0 Å². The summed E-state index contributed by atoms with van der Waals surface area (Å²) in [5, 5.41) is 0. The van der Waals surface area contributed by atoms with Crippen molar-refractivity contribution in [1.82, 2.24) is 4.13 Å². The zero-order valence-electron chi connectivity index (χ0n) is 7.16. The van der Waals surface area contributed by atoms with E-state index in [-0.39, 0.29) is 18.9 Å². The molecule has 0 aromatic heterocycles. The first kappa shape index (κ1) is 18.4. The van der Waals surface area contributed by atoms with Gasteiger partial charge in [0, 0.05) is 23.0 Å². The van der Waals surface area contributed by atoms with Gasteiger partial charge in [0.15, 0.2) is 0 Å². The number of halogens is 6. The SMILES string of the molecule is O=S(=O)([N]S(=O)(=O)C(F)(F)F)C(F)(F)F.[Li]. The fraction of sp³-hybridized carbons (Fsp3) is 1.00. The van der Waals surface area contributed by atoms with E-state index >= 15 is 0 Å². The van der Waals surface area contributed by atoms with Crippen molar-refractivity contribution in [2.75, 3.05) is 0 Å². The monoisotopic (exact) mass is 287 g/mol. The average molecular weight is 287 g/mol. The standard InChI is InChI=1S/C2F6NO4S2.Li/c3-1(4,5)14(10,11)9-15(12,13)2(6,7)8;. The van der Waals surface area contributed by atoms with E-state index in [1.165, 1.54) is 0 Å². The van der Waals surface area contributed by atoms with Gasteiger partial charge in [-0.1, -0.05) is 0 Å². The second-order valence-electron chi connectivity index (χ2n) is 1.92. The molecule has 14 heteroatoms. The Labute approximate surface area is 97.5 Å². The van der Waals surface area contributed by atoms with Crippen molar-refractivity contribution in [3.8, 4) is 0 Å². The smallest absolute Gasteiger partial charge is 0.200 e. The zero-order chi connectivity index (χ0) is 12.7. The third-order valence-corrected chi connectivity index (χ3v) is 3.52. The molecule has 0 aromatic carbocycles. The van der Waals surface area contributed by atoms with Gasteiger partial charge in [-0.25, -0.2) is 16.8 Å². The molecule has 0 aromatic rings. The quantitative estimate of drug-likeness (QED) is 0.525. The summed E-state index contributed by atoms with van der Waals surface area (Å²) >= 11 is 0. The molecule has 0 rings (SSSR count). The topological polar surface area (TPSA) is 82.4 Å². The molecule has 0 saturated heterocycles. The first-order valence-electron chi connectivity index (χ1n) is 2.57. The van der Waals surface area contributed by atoms with Crippen LogP contribution in [0.3, 0.4) is 0 Å². The van der Waals surface area contributed by atoms with Gasteiger partial charge in [0.05, 0.1) is 0 Å². The van der Waals surface area contributed by atoms with Gasteiger partial charge in [0.25, 0.3) is 0 Å². The maximum absolute atomic E-state index is 11.4. The molecule has 0 spiro atoms. The van der Waals surface area contributed by atoms with E-state index in [2.05, 4.69) is 0 Å². The van der Waals surface area contributed by atoms with Crippen LogP contribution in [0.5, 0.6) is 0 Å². The van der Waals surface area contributed by atoms with Crippen molar-refractivity contribution < 1.29 is 43.2 Å². The van der Waals surface area contributed by atoms with Crippen molar-refractivity contribution >= 4 is 38.9 Å².